The monoisotopic (exact) mass is 544 g/mol. The summed E-state index contributed by atoms with van der Waals surface area (Å²) in [6.07, 6.45) is -0.405. The van der Waals surface area contributed by atoms with Gasteiger partial charge in [-0.1, -0.05) is 19.1 Å². The summed E-state index contributed by atoms with van der Waals surface area (Å²) in [6.45, 7) is 6.62. The molecule has 1 aromatic heterocycles. The van der Waals surface area contributed by atoms with Crippen LogP contribution in [-0.4, -0.2) is 20.5 Å². The maximum Gasteiger partial charge on any atom is 0.275 e. The molecule has 0 saturated carbocycles. The number of anilines is 1. The summed E-state index contributed by atoms with van der Waals surface area (Å²) < 4.78 is 83.6. The van der Waals surface area contributed by atoms with Crippen LogP contribution in [0.1, 0.15) is 35.7 Å². The number of hydrogen-bond acceptors (Lipinski definition) is 5. The Morgan fingerprint density at radius 3 is 2.32 bits per heavy atom. The molecular formula is C28H27F3N2O4S. The molecule has 1 heterocycles. The Bertz CT molecular complexity index is 1640. The number of nitrogens with zero attached hydrogens (tertiary/aromatic N) is 1. The number of pyridine rings is 1. The van der Waals surface area contributed by atoms with Gasteiger partial charge in [0.1, 0.15) is 16.4 Å². The molecule has 200 valence electrons. The lowest BCUT2D eigenvalue weighted by Gasteiger charge is -2.18. The Kier molecular flexibility index (Phi) is 7.29. The van der Waals surface area contributed by atoms with Gasteiger partial charge in [-0.25, -0.2) is 21.6 Å². The zero-order valence-corrected chi connectivity index (χ0v) is 22.3. The van der Waals surface area contributed by atoms with Crippen molar-refractivity contribution in [3.8, 4) is 17.2 Å². The summed E-state index contributed by atoms with van der Waals surface area (Å²) in [5.74, 6) is -3.85. The first kappa shape index (κ1) is 27.3. The second-order valence-corrected chi connectivity index (χ2v) is 10.6. The molecule has 10 heteroatoms. The van der Waals surface area contributed by atoms with Crippen LogP contribution in [0.3, 0.4) is 0 Å². The van der Waals surface area contributed by atoms with Gasteiger partial charge in [0.15, 0.2) is 11.6 Å². The Labute approximate surface area is 219 Å². The van der Waals surface area contributed by atoms with E-state index in [9.17, 15) is 17.2 Å². The van der Waals surface area contributed by atoms with Gasteiger partial charge >= 0.3 is 0 Å². The minimum atomic E-state index is -4.10. The topological polar surface area (TPSA) is 77.5 Å². The fourth-order valence-electron chi connectivity index (χ4n) is 4.02. The first-order valence-corrected chi connectivity index (χ1v) is 13.3. The van der Waals surface area contributed by atoms with Crippen molar-refractivity contribution in [3.63, 3.8) is 0 Å². The van der Waals surface area contributed by atoms with E-state index in [0.717, 1.165) is 17.2 Å². The van der Waals surface area contributed by atoms with E-state index < -0.39 is 28.2 Å². The molecule has 0 amide bonds. The molecule has 6 nitrogen and oxygen atoms in total. The molecule has 0 saturated heterocycles. The number of fused-ring (bicyclic) bond motifs is 1. The van der Waals surface area contributed by atoms with Gasteiger partial charge in [0, 0.05) is 35.2 Å². The number of alkyl halides is 2. The predicted molar refractivity (Wildman–Crippen MR) is 140 cm³/mol. The molecule has 0 aliphatic carbocycles. The maximum atomic E-state index is 15.1. The zero-order valence-electron chi connectivity index (χ0n) is 21.5. The molecule has 0 radical (unpaired) electrons. The predicted octanol–water partition coefficient (Wildman–Crippen LogP) is 7.40. The quantitative estimate of drug-likeness (QED) is 0.250. The number of ether oxygens (including phenoxy) is 2. The van der Waals surface area contributed by atoms with Gasteiger partial charge < -0.3 is 9.47 Å². The molecule has 0 bridgehead atoms. The summed E-state index contributed by atoms with van der Waals surface area (Å²) in [7, 11) is -2.73. The number of halogens is 3. The highest BCUT2D eigenvalue weighted by Gasteiger charge is 2.32. The number of hydrogen-bond donors (Lipinski definition) is 1. The lowest BCUT2D eigenvalue weighted by molar-refractivity contribution is -0.00690. The molecule has 4 aromatic rings. The van der Waals surface area contributed by atoms with Crippen LogP contribution < -0.4 is 14.2 Å². The molecule has 0 atom stereocenters. The first-order valence-electron chi connectivity index (χ1n) is 11.8. The molecule has 3 aromatic carbocycles. The van der Waals surface area contributed by atoms with E-state index in [1.165, 1.54) is 50.4 Å². The fourth-order valence-corrected chi connectivity index (χ4v) is 5.30. The molecule has 0 unspecified atom stereocenters. The van der Waals surface area contributed by atoms with Gasteiger partial charge in [0.05, 0.1) is 18.3 Å². The summed E-state index contributed by atoms with van der Waals surface area (Å²) in [5.41, 5.74) is 1.83. The Balaban J connectivity index is 1.67. The standard InChI is InChI=1S/C28H27F3N2O4S/c1-6-28(30,31)21-9-7-8-20-24(14-18(4)32-27(20)21)37-23-11-10-19(15-22(23)29)33-38(34,35)26-13-17(3)16(2)12-25(26)36-5/h7-15,33H,6H2,1-5H3. The SMILES string of the molecule is CCC(F)(F)c1cccc2c(Oc3ccc(NS(=O)(=O)c4cc(C)c(C)cc4OC)cc3F)cc(C)nc12. The molecular weight excluding hydrogens is 517 g/mol. The number of rotatable bonds is 8. The van der Waals surface area contributed by atoms with Gasteiger partial charge in [0.25, 0.3) is 15.9 Å². The van der Waals surface area contributed by atoms with Crippen LogP contribution in [0.4, 0.5) is 18.9 Å². The summed E-state index contributed by atoms with van der Waals surface area (Å²) in [4.78, 5) is 4.20. The van der Waals surface area contributed by atoms with Gasteiger partial charge in [-0.05, 0) is 62.2 Å². The highest BCUT2D eigenvalue weighted by Crippen LogP contribution is 2.39. The third-order valence-electron chi connectivity index (χ3n) is 6.24. The Morgan fingerprint density at radius 1 is 0.947 bits per heavy atom. The second-order valence-electron chi connectivity index (χ2n) is 8.96. The zero-order chi connectivity index (χ0) is 27.8. The van der Waals surface area contributed by atoms with E-state index in [0.29, 0.717) is 11.1 Å². The van der Waals surface area contributed by atoms with Gasteiger partial charge in [-0.3, -0.25) is 9.71 Å². The first-order chi connectivity index (χ1) is 17.9. The smallest absolute Gasteiger partial charge is 0.275 e. The molecule has 0 aliphatic rings. The maximum absolute atomic E-state index is 15.1. The van der Waals surface area contributed by atoms with Gasteiger partial charge in [-0.2, -0.15) is 0 Å². The van der Waals surface area contributed by atoms with Crippen molar-refractivity contribution in [1.29, 1.82) is 0 Å². The highest BCUT2D eigenvalue weighted by atomic mass is 32.2. The van der Waals surface area contributed by atoms with Crippen LogP contribution in [0.5, 0.6) is 17.2 Å². The van der Waals surface area contributed by atoms with Crippen LogP contribution in [-0.2, 0) is 15.9 Å². The summed E-state index contributed by atoms with van der Waals surface area (Å²) in [6, 6.07) is 12.6. The van der Waals surface area contributed by atoms with Crippen LogP contribution in [0.15, 0.2) is 59.5 Å². The number of methoxy groups -OCH3 is 1. The van der Waals surface area contributed by atoms with Crippen molar-refractivity contribution in [2.75, 3.05) is 11.8 Å². The van der Waals surface area contributed by atoms with Crippen LogP contribution in [0.25, 0.3) is 10.9 Å². The average molecular weight is 545 g/mol. The lowest BCUT2D eigenvalue weighted by atomic mass is 10.0. The largest absolute Gasteiger partial charge is 0.495 e. The third kappa shape index (κ3) is 5.26. The Hall–Kier alpha value is -3.79. The third-order valence-corrected chi connectivity index (χ3v) is 7.64. The number of aryl methyl sites for hydroxylation is 3. The van der Waals surface area contributed by atoms with E-state index in [-0.39, 0.29) is 38.9 Å². The number of benzene rings is 3. The van der Waals surface area contributed by atoms with Gasteiger partial charge in [-0.15, -0.1) is 0 Å². The minimum absolute atomic E-state index is 0.0317. The molecule has 4 rings (SSSR count). The minimum Gasteiger partial charge on any atom is -0.495 e. The lowest BCUT2D eigenvalue weighted by Crippen LogP contribution is -2.15. The van der Waals surface area contributed by atoms with Crippen molar-refractivity contribution in [2.45, 2.75) is 44.9 Å². The van der Waals surface area contributed by atoms with E-state index in [4.69, 9.17) is 9.47 Å². The summed E-state index contributed by atoms with van der Waals surface area (Å²) >= 11 is 0. The molecule has 1 N–H and O–H groups in total. The van der Waals surface area contributed by atoms with Crippen molar-refractivity contribution < 1.29 is 31.1 Å². The Morgan fingerprint density at radius 2 is 1.66 bits per heavy atom. The number of nitrogens with one attached hydrogen (secondary N) is 1. The molecule has 0 spiro atoms. The van der Waals surface area contributed by atoms with Crippen LogP contribution >= 0.6 is 0 Å². The van der Waals surface area contributed by atoms with Crippen molar-refractivity contribution >= 4 is 26.6 Å². The van der Waals surface area contributed by atoms with E-state index in [1.54, 1.807) is 26.0 Å². The van der Waals surface area contributed by atoms with Crippen molar-refractivity contribution in [3.05, 3.63) is 82.8 Å². The number of para-hydroxylation sites is 1. The summed E-state index contributed by atoms with van der Waals surface area (Å²) in [5, 5.41) is 0.298. The van der Waals surface area contributed by atoms with Crippen molar-refractivity contribution in [1.82, 2.24) is 4.98 Å². The molecule has 0 fully saturated rings. The van der Waals surface area contributed by atoms with E-state index in [1.807, 2.05) is 6.92 Å². The normalized spacial score (nSPS) is 12.0. The fraction of sp³-hybridized carbons (Fsp3) is 0.250. The van der Waals surface area contributed by atoms with E-state index in [2.05, 4.69) is 9.71 Å². The van der Waals surface area contributed by atoms with Crippen LogP contribution in [0.2, 0.25) is 0 Å². The highest BCUT2D eigenvalue weighted by molar-refractivity contribution is 7.92. The second kappa shape index (κ2) is 10.2. The molecule has 0 aliphatic heterocycles. The molecule has 38 heavy (non-hydrogen) atoms. The van der Waals surface area contributed by atoms with Crippen molar-refractivity contribution in [2.24, 2.45) is 0 Å². The number of aromatic nitrogens is 1. The van der Waals surface area contributed by atoms with E-state index >= 15 is 4.39 Å². The van der Waals surface area contributed by atoms with Crippen LogP contribution in [0, 0.1) is 26.6 Å². The average Bonchev–Trinajstić information content (AvgIpc) is 2.86. The van der Waals surface area contributed by atoms with Gasteiger partial charge in [0.2, 0.25) is 0 Å². The number of sulfonamides is 1.